The van der Waals surface area contributed by atoms with Crippen LogP contribution in [0.25, 0.3) is 0 Å². The molecule has 0 radical (unpaired) electrons. The van der Waals surface area contributed by atoms with Gasteiger partial charge in [-0.2, -0.15) is 11.8 Å². The van der Waals surface area contributed by atoms with E-state index in [1.807, 2.05) is 0 Å². The van der Waals surface area contributed by atoms with Crippen molar-refractivity contribution in [2.24, 2.45) is 0 Å². The molecule has 2 atom stereocenters. The van der Waals surface area contributed by atoms with Crippen LogP contribution >= 0.6 is 11.8 Å². The Morgan fingerprint density at radius 1 is 1.30 bits per heavy atom. The molecule has 0 saturated carbocycles. The third kappa shape index (κ3) is 4.71. The molecular weight excluding hydrogens is 266 g/mol. The third-order valence-electron chi connectivity index (χ3n) is 4.03. The van der Waals surface area contributed by atoms with Gasteiger partial charge >= 0.3 is 0 Å². The minimum atomic E-state index is 0.660. The molecule has 1 heterocycles. The second-order valence-electron chi connectivity index (χ2n) is 5.46. The van der Waals surface area contributed by atoms with E-state index in [-0.39, 0.29) is 0 Å². The summed E-state index contributed by atoms with van der Waals surface area (Å²) >= 11 is 2.17. The van der Waals surface area contributed by atoms with E-state index in [2.05, 4.69) is 48.3 Å². The van der Waals surface area contributed by atoms with Crippen molar-refractivity contribution in [1.82, 2.24) is 5.32 Å². The van der Waals surface area contributed by atoms with Gasteiger partial charge in [0.2, 0.25) is 0 Å². The van der Waals surface area contributed by atoms with Crippen LogP contribution in [0.15, 0.2) is 24.3 Å². The molecule has 0 bridgehead atoms. The predicted octanol–water partition coefficient (Wildman–Crippen LogP) is 3.89. The van der Waals surface area contributed by atoms with E-state index in [4.69, 9.17) is 4.74 Å². The zero-order valence-electron chi connectivity index (χ0n) is 12.7. The van der Waals surface area contributed by atoms with Gasteiger partial charge in [-0.15, -0.1) is 0 Å². The molecule has 0 amide bonds. The minimum Gasteiger partial charge on any atom is -0.497 e. The molecule has 1 N–H and O–H groups in total. The highest BCUT2D eigenvalue weighted by atomic mass is 32.2. The number of hydrogen-bond donors (Lipinski definition) is 1. The van der Waals surface area contributed by atoms with Crippen LogP contribution in [0.2, 0.25) is 0 Å². The van der Waals surface area contributed by atoms with Crippen molar-refractivity contribution < 1.29 is 4.74 Å². The Labute approximate surface area is 127 Å². The molecule has 0 spiro atoms. The van der Waals surface area contributed by atoms with E-state index in [1.54, 1.807) is 7.11 Å². The van der Waals surface area contributed by atoms with E-state index in [0.717, 1.165) is 24.0 Å². The average Bonchev–Trinajstić information content (AvgIpc) is 2.53. The molecule has 1 saturated heterocycles. The molecule has 0 aromatic heterocycles. The van der Waals surface area contributed by atoms with Crippen LogP contribution in [-0.4, -0.2) is 30.7 Å². The Morgan fingerprint density at radius 3 is 2.70 bits per heavy atom. The SMILES string of the molecule is CCNC(CCc1ccc(OC)cc1)C1CCCCS1. The molecule has 20 heavy (non-hydrogen) atoms. The predicted molar refractivity (Wildman–Crippen MR) is 88.9 cm³/mol. The molecule has 1 aromatic carbocycles. The number of hydrogen-bond acceptors (Lipinski definition) is 3. The number of nitrogens with one attached hydrogen (secondary N) is 1. The molecular formula is C17H27NOS. The first-order chi connectivity index (χ1) is 9.83. The maximum atomic E-state index is 5.21. The molecule has 0 aliphatic carbocycles. The molecule has 1 aliphatic rings. The summed E-state index contributed by atoms with van der Waals surface area (Å²) in [4.78, 5) is 0. The molecule has 2 unspecified atom stereocenters. The first-order valence-corrected chi connectivity index (χ1v) is 8.86. The normalized spacial score (nSPS) is 20.6. The summed E-state index contributed by atoms with van der Waals surface area (Å²) in [5.41, 5.74) is 1.41. The van der Waals surface area contributed by atoms with Crippen molar-refractivity contribution in [2.75, 3.05) is 19.4 Å². The van der Waals surface area contributed by atoms with Crippen molar-refractivity contribution in [2.45, 2.75) is 50.3 Å². The summed E-state index contributed by atoms with van der Waals surface area (Å²) in [6, 6.07) is 9.17. The number of ether oxygens (including phenoxy) is 1. The second kappa shape index (κ2) is 8.58. The molecule has 2 rings (SSSR count). The number of aryl methyl sites for hydroxylation is 1. The average molecular weight is 293 g/mol. The Kier molecular flexibility index (Phi) is 6.74. The van der Waals surface area contributed by atoms with E-state index in [0.29, 0.717) is 6.04 Å². The van der Waals surface area contributed by atoms with Gasteiger partial charge in [0.1, 0.15) is 5.75 Å². The first-order valence-electron chi connectivity index (χ1n) is 7.81. The lowest BCUT2D eigenvalue weighted by molar-refractivity contribution is 0.414. The van der Waals surface area contributed by atoms with Crippen molar-refractivity contribution >= 4 is 11.8 Å². The lowest BCUT2D eigenvalue weighted by atomic mass is 9.99. The van der Waals surface area contributed by atoms with Crippen LogP contribution in [-0.2, 0) is 6.42 Å². The van der Waals surface area contributed by atoms with Crippen LogP contribution in [0, 0.1) is 0 Å². The van der Waals surface area contributed by atoms with Gasteiger partial charge in [0.25, 0.3) is 0 Å². The van der Waals surface area contributed by atoms with Gasteiger partial charge in [0, 0.05) is 11.3 Å². The molecule has 1 aliphatic heterocycles. The number of thioether (sulfide) groups is 1. The van der Waals surface area contributed by atoms with E-state index >= 15 is 0 Å². The number of benzene rings is 1. The fourth-order valence-electron chi connectivity index (χ4n) is 2.88. The van der Waals surface area contributed by atoms with Crippen molar-refractivity contribution in [3.63, 3.8) is 0 Å². The van der Waals surface area contributed by atoms with Gasteiger partial charge in [0.05, 0.1) is 7.11 Å². The van der Waals surface area contributed by atoms with Gasteiger partial charge in [0.15, 0.2) is 0 Å². The fraction of sp³-hybridized carbons (Fsp3) is 0.647. The Hall–Kier alpha value is -0.670. The van der Waals surface area contributed by atoms with Gasteiger partial charge in [-0.3, -0.25) is 0 Å². The molecule has 1 aromatic rings. The number of rotatable bonds is 7. The minimum absolute atomic E-state index is 0.660. The molecule has 112 valence electrons. The quantitative estimate of drug-likeness (QED) is 0.824. The first kappa shape index (κ1) is 15.7. The highest BCUT2D eigenvalue weighted by Crippen LogP contribution is 2.29. The third-order valence-corrected chi connectivity index (χ3v) is 5.55. The Balaban J connectivity index is 1.86. The van der Waals surface area contributed by atoms with E-state index in [1.165, 1.54) is 37.0 Å². The van der Waals surface area contributed by atoms with Gasteiger partial charge < -0.3 is 10.1 Å². The summed E-state index contributed by atoms with van der Waals surface area (Å²) < 4.78 is 5.21. The van der Waals surface area contributed by atoms with Crippen LogP contribution in [0.1, 0.15) is 38.2 Å². The topological polar surface area (TPSA) is 21.3 Å². The molecule has 2 nitrogen and oxygen atoms in total. The summed E-state index contributed by atoms with van der Waals surface area (Å²) in [6.45, 7) is 3.29. The van der Waals surface area contributed by atoms with Crippen LogP contribution in [0.5, 0.6) is 5.75 Å². The molecule has 1 fully saturated rings. The van der Waals surface area contributed by atoms with E-state index < -0.39 is 0 Å². The highest BCUT2D eigenvalue weighted by molar-refractivity contribution is 8.00. The van der Waals surface area contributed by atoms with Crippen LogP contribution in [0.3, 0.4) is 0 Å². The van der Waals surface area contributed by atoms with Crippen LogP contribution in [0.4, 0.5) is 0 Å². The Morgan fingerprint density at radius 2 is 2.10 bits per heavy atom. The highest BCUT2D eigenvalue weighted by Gasteiger charge is 2.23. The largest absolute Gasteiger partial charge is 0.497 e. The summed E-state index contributed by atoms with van der Waals surface area (Å²) in [7, 11) is 1.72. The fourth-order valence-corrected chi connectivity index (χ4v) is 4.35. The monoisotopic (exact) mass is 293 g/mol. The van der Waals surface area contributed by atoms with E-state index in [9.17, 15) is 0 Å². The standard InChI is InChI=1S/C17H27NOS/c1-3-18-16(17-6-4-5-13-20-17)12-9-14-7-10-15(19-2)11-8-14/h7-8,10-11,16-18H,3-6,9,12-13H2,1-2H3. The smallest absolute Gasteiger partial charge is 0.118 e. The van der Waals surface area contributed by atoms with Crippen molar-refractivity contribution in [1.29, 1.82) is 0 Å². The summed E-state index contributed by atoms with van der Waals surface area (Å²) in [6.07, 6.45) is 6.57. The van der Waals surface area contributed by atoms with Gasteiger partial charge in [-0.05, 0) is 55.7 Å². The van der Waals surface area contributed by atoms with Crippen molar-refractivity contribution in [3.8, 4) is 5.75 Å². The van der Waals surface area contributed by atoms with Crippen molar-refractivity contribution in [3.05, 3.63) is 29.8 Å². The summed E-state index contributed by atoms with van der Waals surface area (Å²) in [5, 5.41) is 4.51. The maximum absolute atomic E-state index is 5.21. The zero-order chi connectivity index (χ0) is 14.2. The van der Waals surface area contributed by atoms with Crippen LogP contribution < -0.4 is 10.1 Å². The number of methoxy groups -OCH3 is 1. The Bertz CT molecular complexity index is 373. The second-order valence-corrected chi connectivity index (χ2v) is 6.80. The van der Waals surface area contributed by atoms with Gasteiger partial charge in [-0.25, -0.2) is 0 Å². The lowest BCUT2D eigenvalue weighted by Crippen LogP contribution is -2.39. The maximum Gasteiger partial charge on any atom is 0.118 e. The zero-order valence-corrected chi connectivity index (χ0v) is 13.5. The lowest BCUT2D eigenvalue weighted by Gasteiger charge is -2.30. The van der Waals surface area contributed by atoms with Gasteiger partial charge in [-0.1, -0.05) is 25.5 Å². The summed E-state index contributed by atoms with van der Waals surface area (Å²) in [5.74, 6) is 2.29. The molecule has 3 heteroatoms.